The van der Waals surface area contributed by atoms with Gasteiger partial charge in [-0.25, -0.2) is 0 Å². The number of hydrogen-bond donors (Lipinski definition) is 2. The summed E-state index contributed by atoms with van der Waals surface area (Å²) >= 11 is 0. The summed E-state index contributed by atoms with van der Waals surface area (Å²) in [5, 5.41) is 5.30. The predicted octanol–water partition coefficient (Wildman–Crippen LogP) is 1.46. The molecule has 0 aliphatic carbocycles. The minimum atomic E-state index is -0.332. The Morgan fingerprint density at radius 2 is 1.95 bits per heavy atom. The van der Waals surface area contributed by atoms with Gasteiger partial charge in [-0.05, 0) is 44.5 Å². The third kappa shape index (κ3) is 4.80. The fourth-order valence-corrected chi connectivity index (χ4v) is 1.88. The van der Waals surface area contributed by atoms with Crippen molar-refractivity contribution in [3.05, 3.63) is 29.8 Å². The van der Waals surface area contributed by atoms with Crippen LogP contribution in [0, 0.1) is 0 Å². The highest BCUT2D eigenvalue weighted by molar-refractivity contribution is 5.94. The summed E-state index contributed by atoms with van der Waals surface area (Å²) in [6.45, 7) is 5.80. The highest BCUT2D eigenvalue weighted by atomic mass is 16.7. The number of hydrogen-bond acceptors (Lipinski definition) is 4. The Morgan fingerprint density at radius 3 is 2.68 bits per heavy atom. The van der Waals surface area contributed by atoms with Crippen LogP contribution >= 0.6 is 0 Å². The molecular weight excluding hydrogens is 284 g/mol. The Balaban J connectivity index is 1.83. The van der Waals surface area contributed by atoms with E-state index in [9.17, 15) is 9.59 Å². The molecule has 6 heteroatoms. The van der Waals surface area contributed by atoms with E-state index in [1.54, 1.807) is 18.2 Å². The van der Waals surface area contributed by atoms with Crippen molar-refractivity contribution in [2.45, 2.75) is 26.3 Å². The number of fused-ring (bicyclic) bond motifs is 1. The van der Waals surface area contributed by atoms with E-state index in [-0.39, 0.29) is 30.7 Å². The first-order valence-corrected chi connectivity index (χ1v) is 7.00. The number of amides is 2. The molecule has 0 aromatic heterocycles. The summed E-state index contributed by atoms with van der Waals surface area (Å²) < 4.78 is 10.5. The van der Waals surface area contributed by atoms with Gasteiger partial charge in [0.05, 0.1) is 6.54 Å². The van der Waals surface area contributed by atoms with Gasteiger partial charge < -0.3 is 20.1 Å². The van der Waals surface area contributed by atoms with Gasteiger partial charge in [0.25, 0.3) is 0 Å². The average molecular weight is 304 g/mol. The third-order valence-corrected chi connectivity index (χ3v) is 2.76. The molecule has 0 fully saturated rings. The fourth-order valence-electron chi connectivity index (χ4n) is 1.88. The minimum Gasteiger partial charge on any atom is -0.454 e. The molecule has 6 nitrogen and oxygen atoms in total. The van der Waals surface area contributed by atoms with Gasteiger partial charge in [0, 0.05) is 11.6 Å². The molecule has 118 valence electrons. The maximum absolute atomic E-state index is 11.7. The molecule has 1 heterocycles. The van der Waals surface area contributed by atoms with Crippen LogP contribution in [0.15, 0.2) is 24.3 Å². The normalized spacial score (nSPS) is 13.2. The van der Waals surface area contributed by atoms with Crippen molar-refractivity contribution in [1.29, 1.82) is 0 Å². The second kappa shape index (κ2) is 6.51. The molecule has 0 radical (unpaired) electrons. The van der Waals surface area contributed by atoms with E-state index < -0.39 is 0 Å². The van der Waals surface area contributed by atoms with E-state index in [1.807, 2.05) is 26.8 Å². The van der Waals surface area contributed by atoms with Crippen LogP contribution in [0.5, 0.6) is 11.5 Å². The van der Waals surface area contributed by atoms with Gasteiger partial charge in [0.2, 0.25) is 18.6 Å². The average Bonchev–Trinajstić information content (AvgIpc) is 2.88. The van der Waals surface area contributed by atoms with Crippen LogP contribution in [0.25, 0.3) is 6.08 Å². The van der Waals surface area contributed by atoms with E-state index in [0.29, 0.717) is 11.5 Å². The number of rotatable bonds is 4. The zero-order valence-corrected chi connectivity index (χ0v) is 12.9. The summed E-state index contributed by atoms with van der Waals surface area (Å²) in [6, 6.07) is 5.40. The molecule has 1 aliphatic rings. The van der Waals surface area contributed by atoms with Crippen LogP contribution < -0.4 is 20.1 Å². The lowest BCUT2D eigenvalue weighted by Gasteiger charge is -2.20. The number of carbonyl (C=O) groups is 2. The molecule has 22 heavy (non-hydrogen) atoms. The van der Waals surface area contributed by atoms with Gasteiger partial charge in [-0.3, -0.25) is 9.59 Å². The Labute approximate surface area is 129 Å². The summed E-state index contributed by atoms with van der Waals surface area (Å²) in [5.41, 5.74) is 0.503. The van der Waals surface area contributed by atoms with Crippen LogP contribution in [-0.4, -0.2) is 30.7 Å². The van der Waals surface area contributed by atoms with E-state index in [2.05, 4.69) is 10.6 Å². The first kappa shape index (κ1) is 15.9. The topological polar surface area (TPSA) is 76.7 Å². The Morgan fingerprint density at radius 1 is 1.23 bits per heavy atom. The lowest BCUT2D eigenvalue weighted by Crippen LogP contribution is -2.45. The molecule has 2 amide bonds. The van der Waals surface area contributed by atoms with Gasteiger partial charge in [-0.1, -0.05) is 6.07 Å². The van der Waals surface area contributed by atoms with Crippen LogP contribution in [0.4, 0.5) is 0 Å². The van der Waals surface area contributed by atoms with Gasteiger partial charge >= 0.3 is 0 Å². The van der Waals surface area contributed by atoms with E-state index in [4.69, 9.17) is 9.47 Å². The minimum absolute atomic E-state index is 0.0540. The molecule has 0 unspecified atom stereocenters. The third-order valence-electron chi connectivity index (χ3n) is 2.76. The van der Waals surface area contributed by atoms with Crippen molar-refractivity contribution in [3.8, 4) is 11.5 Å². The smallest absolute Gasteiger partial charge is 0.244 e. The Hall–Kier alpha value is -2.50. The molecule has 0 saturated heterocycles. The van der Waals surface area contributed by atoms with Crippen molar-refractivity contribution in [2.75, 3.05) is 13.3 Å². The highest BCUT2D eigenvalue weighted by Gasteiger charge is 2.14. The standard InChI is InChI=1S/C16H20N2O4/c1-16(2,3)18-15(20)9-17-14(19)7-5-11-4-6-12-13(8-11)22-10-21-12/h4-8H,9-10H2,1-3H3,(H,17,19)(H,18,20)/b7-5+. The first-order chi connectivity index (χ1) is 10.3. The van der Waals surface area contributed by atoms with Crippen molar-refractivity contribution < 1.29 is 19.1 Å². The molecule has 2 rings (SSSR count). The maximum Gasteiger partial charge on any atom is 0.244 e. The molecule has 0 atom stereocenters. The van der Waals surface area contributed by atoms with Crippen LogP contribution in [-0.2, 0) is 9.59 Å². The van der Waals surface area contributed by atoms with Crippen LogP contribution in [0.3, 0.4) is 0 Å². The largest absolute Gasteiger partial charge is 0.454 e. The molecule has 0 saturated carbocycles. The second-order valence-electron chi connectivity index (χ2n) is 5.96. The van der Waals surface area contributed by atoms with Crippen LogP contribution in [0.2, 0.25) is 0 Å². The van der Waals surface area contributed by atoms with Crippen molar-refractivity contribution in [3.63, 3.8) is 0 Å². The number of carbonyl (C=O) groups excluding carboxylic acids is 2. The number of ether oxygens (including phenoxy) is 2. The maximum atomic E-state index is 11.7. The zero-order chi connectivity index (χ0) is 16.2. The molecule has 1 aromatic rings. The molecular formula is C16H20N2O4. The van der Waals surface area contributed by atoms with E-state index in [1.165, 1.54) is 6.08 Å². The summed E-state index contributed by atoms with van der Waals surface area (Å²) in [4.78, 5) is 23.3. The molecule has 2 N–H and O–H groups in total. The Bertz CT molecular complexity index is 603. The SMILES string of the molecule is CC(C)(C)NC(=O)CNC(=O)/C=C/c1ccc2c(c1)OCO2. The predicted molar refractivity (Wildman–Crippen MR) is 82.5 cm³/mol. The van der Waals surface area contributed by atoms with Crippen molar-refractivity contribution in [2.24, 2.45) is 0 Å². The van der Waals surface area contributed by atoms with Crippen molar-refractivity contribution in [1.82, 2.24) is 10.6 Å². The number of nitrogens with one attached hydrogen (secondary N) is 2. The highest BCUT2D eigenvalue weighted by Crippen LogP contribution is 2.32. The van der Waals surface area contributed by atoms with E-state index in [0.717, 1.165) is 5.56 Å². The van der Waals surface area contributed by atoms with Crippen LogP contribution in [0.1, 0.15) is 26.3 Å². The second-order valence-corrected chi connectivity index (χ2v) is 5.96. The van der Waals surface area contributed by atoms with Crippen molar-refractivity contribution >= 4 is 17.9 Å². The summed E-state index contributed by atoms with van der Waals surface area (Å²) in [6.07, 6.45) is 3.03. The molecule has 1 aliphatic heterocycles. The lowest BCUT2D eigenvalue weighted by atomic mass is 10.1. The van der Waals surface area contributed by atoms with Gasteiger partial charge in [0.1, 0.15) is 0 Å². The zero-order valence-electron chi connectivity index (χ0n) is 12.9. The van der Waals surface area contributed by atoms with Gasteiger partial charge in [-0.2, -0.15) is 0 Å². The van der Waals surface area contributed by atoms with Gasteiger partial charge in [-0.15, -0.1) is 0 Å². The van der Waals surface area contributed by atoms with Gasteiger partial charge in [0.15, 0.2) is 11.5 Å². The summed E-state index contributed by atoms with van der Waals surface area (Å²) in [7, 11) is 0. The Kier molecular flexibility index (Phi) is 4.70. The number of benzene rings is 1. The monoisotopic (exact) mass is 304 g/mol. The molecule has 0 bridgehead atoms. The molecule has 0 spiro atoms. The molecule has 1 aromatic carbocycles. The summed E-state index contributed by atoms with van der Waals surface area (Å²) in [5.74, 6) is 0.798. The fraction of sp³-hybridized carbons (Fsp3) is 0.375. The lowest BCUT2D eigenvalue weighted by molar-refractivity contribution is -0.124. The first-order valence-electron chi connectivity index (χ1n) is 7.00. The van der Waals surface area contributed by atoms with E-state index >= 15 is 0 Å². The quantitative estimate of drug-likeness (QED) is 0.826.